The zero-order valence-electron chi connectivity index (χ0n) is 17.3. The predicted molar refractivity (Wildman–Crippen MR) is 129 cm³/mol. The third-order valence-electron chi connectivity index (χ3n) is 5.80. The molecule has 0 radical (unpaired) electrons. The number of aromatic amines is 1. The molecule has 6 aromatic rings. The molecule has 1 atom stereocenters. The number of hydrogen-bond donors (Lipinski definition) is 1. The minimum Gasteiger partial charge on any atom is -0.338 e. The van der Waals surface area contributed by atoms with Crippen LogP contribution in [0.25, 0.3) is 43.9 Å². The standard InChI is InChI=1S/C25H19N5OS/c1-2-21(32-25-27-23-22(28-29-25)17-11-3-6-12-18(17)26-23)24(31)30-19-13-7-4-9-15(19)16-10-5-8-14-20(16)30/h3-14,21H,2H2,1H3,(H,26,27,29). The van der Waals surface area contributed by atoms with Gasteiger partial charge < -0.3 is 4.98 Å². The summed E-state index contributed by atoms with van der Waals surface area (Å²) >= 11 is 1.36. The second kappa shape index (κ2) is 7.46. The average molecular weight is 438 g/mol. The largest absolute Gasteiger partial charge is 0.338 e. The second-order valence-corrected chi connectivity index (χ2v) is 8.85. The van der Waals surface area contributed by atoms with Crippen LogP contribution in [0.4, 0.5) is 0 Å². The fourth-order valence-corrected chi connectivity index (χ4v) is 5.15. The molecule has 6 rings (SSSR count). The summed E-state index contributed by atoms with van der Waals surface area (Å²) in [6.45, 7) is 2.01. The van der Waals surface area contributed by atoms with E-state index in [0.29, 0.717) is 17.2 Å². The highest BCUT2D eigenvalue weighted by molar-refractivity contribution is 8.00. The lowest BCUT2D eigenvalue weighted by atomic mass is 10.2. The first-order chi connectivity index (χ1) is 15.7. The number of para-hydroxylation sites is 3. The van der Waals surface area contributed by atoms with Crippen LogP contribution in [-0.4, -0.2) is 35.9 Å². The molecular formula is C25H19N5OS. The molecule has 0 spiro atoms. The first-order valence-electron chi connectivity index (χ1n) is 10.5. The molecule has 3 heterocycles. The highest BCUT2D eigenvalue weighted by atomic mass is 32.2. The van der Waals surface area contributed by atoms with Crippen molar-refractivity contribution in [2.75, 3.05) is 0 Å². The van der Waals surface area contributed by atoms with Crippen LogP contribution in [0.5, 0.6) is 0 Å². The summed E-state index contributed by atoms with van der Waals surface area (Å²) in [7, 11) is 0. The van der Waals surface area contributed by atoms with E-state index in [1.165, 1.54) is 11.8 Å². The van der Waals surface area contributed by atoms with Crippen molar-refractivity contribution in [3.05, 3.63) is 72.8 Å². The van der Waals surface area contributed by atoms with Gasteiger partial charge in [-0.15, -0.1) is 10.2 Å². The molecule has 32 heavy (non-hydrogen) atoms. The second-order valence-electron chi connectivity index (χ2n) is 7.68. The Balaban J connectivity index is 1.41. The van der Waals surface area contributed by atoms with E-state index < -0.39 is 0 Å². The summed E-state index contributed by atoms with van der Waals surface area (Å²) in [4.78, 5) is 21.7. The lowest BCUT2D eigenvalue weighted by molar-refractivity contribution is 0.0919. The molecule has 3 aromatic heterocycles. The summed E-state index contributed by atoms with van der Waals surface area (Å²) < 4.78 is 1.83. The minimum atomic E-state index is -0.335. The van der Waals surface area contributed by atoms with Crippen LogP contribution >= 0.6 is 11.8 Å². The van der Waals surface area contributed by atoms with E-state index in [1.807, 2.05) is 72.2 Å². The van der Waals surface area contributed by atoms with Gasteiger partial charge in [0.2, 0.25) is 11.1 Å². The van der Waals surface area contributed by atoms with E-state index in [1.54, 1.807) is 0 Å². The Morgan fingerprint density at radius 1 is 0.906 bits per heavy atom. The normalized spacial score (nSPS) is 12.8. The fourth-order valence-electron chi connectivity index (χ4n) is 4.30. The van der Waals surface area contributed by atoms with E-state index in [2.05, 4.69) is 32.3 Å². The SMILES string of the molecule is CCC(Sc1nnc2c(n1)[nH]c1ccccc12)C(=O)n1c2ccccc2c2ccccc21. The van der Waals surface area contributed by atoms with Crippen LogP contribution < -0.4 is 0 Å². The van der Waals surface area contributed by atoms with E-state index in [4.69, 9.17) is 0 Å². The monoisotopic (exact) mass is 437 g/mol. The molecule has 0 saturated carbocycles. The van der Waals surface area contributed by atoms with Crippen LogP contribution in [0.15, 0.2) is 78.0 Å². The number of rotatable bonds is 4. The van der Waals surface area contributed by atoms with Crippen LogP contribution in [0.2, 0.25) is 0 Å². The zero-order chi connectivity index (χ0) is 21.7. The number of benzene rings is 3. The van der Waals surface area contributed by atoms with Crippen molar-refractivity contribution in [2.24, 2.45) is 0 Å². The summed E-state index contributed by atoms with van der Waals surface area (Å²) in [5.74, 6) is 0.0234. The number of carbonyl (C=O) groups is 1. The van der Waals surface area contributed by atoms with E-state index in [-0.39, 0.29) is 11.2 Å². The summed E-state index contributed by atoms with van der Waals surface area (Å²) in [6, 6.07) is 24.0. The Labute approximate surface area is 187 Å². The summed E-state index contributed by atoms with van der Waals surface area (Å²) in [6.07, 6.45) is 0.651. The van der Waals surface area contributed by atoms with Gasteiger partial charge in [-0.1, -0.05) is 73.3 Å². The molecule has 0 aliphatic rings. The fraction of sp³-hybridized carbons (Fsp3) is 0.120. The van der Waals surface area contributed by atoms with Crippen LogP contribution in [-0.2, 0) is 0 Å². The van der Waals surface area contributed by atoms with Gasteiger partial charge in [-0.2, -0.15) is 0 Å². The van der Waals surface area contributed by atoms with Crippen molar-refractivity contribution in [1.29, 1.82) is 0 Å². The molecule has 0 aliphatic heterocycles. The number of nitrogens with one attached hydrogen (secondary N) is 1. The van der Waals surface area contributed by atoms with Gasteiger partial charge in [0.15, 0.2) is 5.65 Å². The lowest BCUT2D eigenvalue weighted by Crippen LogP contribution is -2.23. The van der Waals surface area contributed by atoms with Gasteiger partial charge in [0.05, 0.1) is 16.3 Å². The molecule has 156 valence electrons. The number of thioether (sulfide) groups is 1. The van der Waals surface area contributed by atoms with Crippen molar-refractivity contribution >= 4 is 61.5 Å². The number of aromatic nitrogens is 5. The van der Waals surface area contributed by atoms with Crippen molar-refractivity contribution in [2.45, 2.75) is 23.8 Å². The number of fused-ring (bicyclic) bond motifs is 6. The maximum atomic E-state index is 13.7. The third-order valence-corrected chi connectivity index (χ3v) is 7.00. The van der Waals surface area contributed by atoms with Gasteiger partial charge in [0.25, 0.3) is 0 Å². The smallest absolute Gasteiger partial charge is 0.245 e. The number of hydrogen-bond acceptors (Lipinski definition) is 5. The minimum absolute atomic E-state index is 0.0234. The molecule has 0 amide bonds. The van der Waals surface area contributed by atoms with Gasteiger partial charge in [-0.25, -0.2) is 4.98 Å². The van der Waals surface area contributed by atoms with Gasteiger partial charge in [0.1, 0.15) is 5.52 Å². The van der Waals surface area contributed by atoms with Crippen LogP contribution in [0, 0.1) is 0 Å². The molecule has 0 saturated heterocycles. The molecule has 3 aromatic carbocycles. The highest BCUT2D eigenvalue weighted by Gasteiger charge is 2.25. The Bertz CT molecular complexity index is 1580. The topological polar surface area (TPSA) is 76.5 Å². The molecule has 1 N–H and O–H groups in total. The van der Waals surface area contributed by atoms with Crippen molar-refractivity contribution in [3.8, 4) is 0 Å². The Morgan fingerprint density at radius 2 is 1.53 bits per heavy atom. The quantitative estimate of drug-likeness (QED) is 0.351. The molecule has 0 fully saturated rings. The molecule has 6 nitrogen and oxygen atoms in total. The maximum absolute atomic E-state index is 13.7. The van der Waals surface area contributed by atoms with Gasteiger partial charge in [-0.05, 0) is 24.6 Å². The lowest BCUT2D eigenvalue weighted by Gasteiger charge is -2.14. The van der Waals surface area contributed by atoms with Crippen LogP contribution in [0.3, 0.4) is 0 Å². The van der Waals surface area contributed by atoms with Crippen molar-refractivity contribution in [3.63, 3.8) is 0 Å². The summed E-state index contributed by atoms with van der Waals surface area (Å²) in [5.41, 5.74) is 4.24. The van der Waals surface area contributed by atoms with E-state index >= 15 is 0 Å². The molecular weight excluding hydrogens is 418 g/mol. The van der Waals surface area contributed by atoms with Crippen molar-refractivity contribution in [1.82, 2.24) is 24.7 Å². The van der Waals surface area contributed by atoms with Crippen LogP contribution in [0.1, 0.15) is 18.1 Å². The number of H-pyrrole nitrogens is 1. The first-order valence-corrected chi connectivity index (χ1v) is 11.4. The van der Waals surface area contributed by atoms with Gasteiger partial charge >= 0.3 is 0 Å². The molecule has 1 unspecified atom stereocenters. The van der Waals surface area contributed by atoms with Gasteiger partial charge in [-0.3, -0.25) is 9.36 Å². The van der Waals surface area contributed by atoms with E-state index in [9.17, 15) is 4.79 Å². The van der Waals surface area contributed by atoms with Gasteiger partial charge in [0, 0.05) is 21.7 Å². The van der Waals surface area contributed by atoms with E-state index in [0.717, 1.165) is 38.2 Å². The molecule has 0 aliphatic carbocycles. The highest BCUT2D eigenvalue weighted by Crippen LogP contribution is 2.32. The number of carbonyl (C=O) groups excluding carboxylic acids is 1. The Hall–Kier alpha value is -3.71. The number of nitrogens with zero attached hydrogens (tertiary/aromatic N) is 4. The maximum Gasteiger partial charge on any atom is 0.245 e. The predicted octanol–water partition coefficient (Wildman–Crippen LogP) is 5.83. The summed E-state index contributed by atoms with van der Waals surface area (Å²) in [5, 5.41) is 12.0. The Morgan fingerprint density at radius 3 is 2.22 bits per heavy atom. The molecule has 0 bridgehead atoms. The molecule has 7 heteroatoms. The first kappa shape index (κ1) is 19.0. The third kappa shape index (κ3) is 2.89. The average Bonchev–Trinajstić information content (AvgIpc) is 3.37. The Kier molecular flexibility index (Phi) is 4.43. The zero-order valence-corrected chi connectivity index (χ0v) is 18.1. The van der Waals surface area contributed by atoms with Crippen molar-refractivity contribution < 1.29 is 4.79 Å².